The van der Waals surface area contributed by atoms with E-state index in [1.165, 1.54) is 0 Å². The van der Waals surface area contributed by atoms with Crippen molar-refractivity contribution in [3.63, 3.8) is 0 Å². The van der Waals surface area contributed by atoms with Gasteiger partial charge in [0.1, 0.15) is 0 Å². The molecule has 1 aliphatic heterocycles. The summed E-state index contributed by atoms with van der Waals surface area (Å²) in [6.45, 7) is -0.0593. The number of aliphatic carboxylic acids is 1. The minimum absolute atomic E-state index is 0.0625. The summed E-state index contributed by atoms with van der Waals surface area (Å²) in [6.07, 6.45) is -7.25. The van der Waals surface area contributed by atoms with Crippen LogP contribution in [0.3, 0.4) is 0 Å². The number of hydrogen-bond acceptors (Lipinski definition) is 3. The molecule has 19 heavy (non-hydrogen) atoms. The second kappa shape index (κ2) is 6.09. The lowest BCUT2D eigenvalue weighted by molar-refractivity contribution is -0.216. The highest BCUT2D eigenvalue weighted by atomic mass is 19.4. The highest BCUT2D eigenvalue weighted by Gasteiger charge is 2.48. The van der Waals surface area contributed by atoms with E-state index >= 15 is 0 Å². The third-order valence-corrected chi connectivity index (χ3v) is 2.88. The molecule has 2 amide bonds. The van der Waals surface area contributed by atoms with Gasteiger partial charge in [0.05, 0.1) is 12.5 Å². The zero-order valence-corrected chi connectivity index (χ0v) is 9.98. The van der Waals surface area contributed by atoms with Crippen molar-refractivity contribution >= 4 is 12.0 Å². The standard InChI is InChI=1S/C10H15F3N2O4/c11-10(12,13)8(18)6-2-1-5-15(6)9(19)14-4-3-7(16)17/h6,8,18H,1-5H2,(H,14,19)(H,16,17). The molecule has 1 fully saturated rings. The van der Waals surface area contributed by atoms with Crippen LogP contribution in [-0.2, 0) is 4.79 Å². The molecule has 1 saturated heterocycles. The number of carboxylic acids is 1. The monoisotopic (exact) mass is 284 g/mol. The van der Waals surface area contributed by atoms with Gasteiger partial charge in [-0.05, 0) is 12.8 Å². The summed E-state index contributed by atoms with van der Waals surface area (Å²) >= 11 is 0. The van der Waals surface area contributed by atoms with E-state index < -0.39 is 30.3 Å². The molecule has 1 aliphatic rings. The molecule has 110 valence electrons. The first-order chi connectivity index (χ1) is 8.73. The van der Waals surface area contributed by atoms with Crippen molar-refractivity contribution in [3.8, 4) is 0 Å². The maximum absolute atomic E-state index is 12.4. The Labute approximate surface area is 107 Å². The fourth-order valence-electron chi connectivity index (χ4n) is 1.97. The quantitative estimate of drug-likeness (QED) is 0.703. The third kappa shape index (κ3) is 4.27. The van der Waals surface area contributed by atoms with E-state index in [1.807, 2.05) is 0 Å². The van der Waals surface area contributed by atoms with E-state index in [2.05, 4.69) is 5.32 Å². The van der Waals surface area contributed by atoms with Gasteiger partial charge in [-0.1, -0.05) is 0 Å². The van der Waals surface area contributed by atoms with Crippen molar-refractivity contribution in [2.75, 3.05) is 13.1 Å². The van der Waals surface area contributed by atoms with E-state index in [0.29, 0.717) is 6.42 Å². The summed E-state index contributed by atoms with van der Waals surface area (Å²) in [7, 11) is 0. The van der Waals surface area contributed by atoms with Crippen molar-refractivity contribution in [1.29, 1.82) is 0 Å². The van der Waals surface area contributed by atoms with Crippen molar-refractivity contribution in [2.24, 2.45) is 0 Å². The van der Waals surface area contributed by atoms with Crippen LogP contribution in [0.4, 0.5) is 18.0 Å². The Bertz CT molecular complexity index is 348. The molecule has 1 heterocycles. The number of amides is 2. The van der Waals surface area contributed by atoms with Gasteiger partial charge < -0.3 is 20.4 Å². The fourth-order valence-corrected chi connectivity index (χ4v) is 1.97. The Morgan fingerprint density at radius 1 is 1.42 bits per heavy atom. The van der Waals surface area contributed by atoms with Gasteiger partial charge in [0.15, 0.2) is 6.10 Å². The van der Waals surface area contributed by atoms with Gasteiger partial charge in [0.2, 0.25) is 0 Å². The number of urea groups is 1. The molecule has 2 atom stereocenters. The van der Waals surface area contributed by atoms with Crippen LogP contribution in [0.15, 0.2) is 0 Å². The molecule has 2 unspecified atom stereocenters. The topological polar surface area (TPSA) is 89.9 Å². The molecular weight excluding hydrogens is 269 g/mol. The Morgan fingerprint density at radius 2 is 2.05 bits per heavy atom. The van der Waals surface area contributed by atoms with Crippen LogP contribution in [0.25, 0.3) is 0 Å². The number of carbonyl (C=O) groups is 2. The molecule has 0 bridgehead atoms. The molecule has 0 aromatic rings. The highest BCUT2D eigenvalue weighted by Crippen LogP contribution is 2.30. The molecule has 0 spiro atoms. The van der Waals surface area contributed by atoms with Crippen LogP contribution >= 0.6 is 0 Å². The van der Waals surface area contributed by atoms with Crippen LogP contribution in [0.5, 0.6) is 0 Å². The van der Waals surface area contributed by atoms with Crippen molar-refractivity contribution in [1.82, 2.24) is 10.2 Å². The predicted octanol–water partition coefficient (Wildman–Crippen LogP) is 0.558. The van der Waals surface area contributed by atoms with Crippen molar-refractivity contribution in [2.45, 2.75) is 37.6 Å². The van der Waals surface area contributed by atoms with Gasteiger partial charge >= 0.3 is 18.2 Å². The van der Waals surface area contributed by atoms with Gasteiger partial charge in [-0.2, -0.15) is 13.2 Å². The van der Waals surface area contributed by atoms with Gasteiger partial charge in [-0.25, -0.2) is 4.79 Å². The Hall–Kier alpha value is -1.51. The van der Waals surface area contributed by atoms with E-state index in [0.717, 1.165) is 4.90 Å². The molecule has 9 heteroatoms. The lowest BCUT2D eigenvalue weighted by Crippen LogP contribution is -2.52. The second-order valence-corrected chi connectivity index (χ2v) is 4.27. The summed E-state index contributed by atoms with van der Waals surface area (Å²) in [5, 5.41) is 19.8. The molecule has 0 aromatic heterocycles. The minimum atomic E-state index is -4.78. The summed E-state index contributed by atoms with van der Waals surface area (Å²) in [4.78, 5) is 22.8. The van der Waals surface area contributed by atoms with Gasteiger partial charge in [-0.15, -0.1) is 0 Å². The Morgan fingerprint density at radius 3 is 2.58 bits per heavy atom. The number of carboxylic acid groups (broad SMARTS) is 1. The van der Waals surface area contributed by atoms with E-state index in [9.17, 15) is 27.9 Å². The summed E-state index contributed by atoms with van der Waals surface area (Å²) in [5.74, 6) is -1.12. The van der Waals surface area contributed by atoms with Crippen molar-refractivity contribution < 1.29 is 33.0 Å². The number of nitrogens with zero attached hydrogens (tertiary/aromatic N) is 1. The lowest BCUT2D eigenvalue weighted by atomic mass is 10.1. The number of aliphatic hydroxyl groups is 1. The number of alkyl halides is 3. The minimum Gasteiger partial charge on any atom is -0.481 e. The number of halogens is 3. The molecular formula is C10H15F3N2O4. The molecule has 0 radical (unpaired) electrons. The molecule has 3 N–H and O–H groups in total. The number of carbonyl (C=O) groups excluding carboxylic acids is 1. The summed E-state index contributed by atoms with van der Waals surface area (Å²) in [5.41, 5.74) is 0. The Balaban J connectivity index is 2.56. The third-order valence-electron chi connectivity index (χ3n) is 2.88. The average molecular weight is 284 g/mol. The molecule has 1 rings (SSSR count). The maximum Gasteiger partial charge on any atom is 0.416 e. The molecule has 0 saturated carbocycles. The lowest BCUT2D eigenvalue weighted by Gasteiger charge is -2.29. The van der Waals surface area contributed by atoms with E-state index in [-0.39, 0.29) is 25.9 Å². The highest BCUT2D eigenvalue weighted by molar-refractivity contribution is 5.76. The van der Waals surface area contributed by atoms with E-state index in [4.69, 9.17) is 5.11 Å². The van der Waals surface area contributed by atoms with Crippen LogP contribution in [-0.4, -0.2) is 58.5 Å². The number of likely N-dealkylation sites (tertiary alicyclic amines) is 1. The van der Waals surface area contributed by atoms with E-state index in [1.54, 1.807) is 0 Å². The summed E-state index contributed by atoms with van der Waals surface area (Å²) in [6, 6.07) is -2.10. The largest absolute Gasteiger partial charge is 0.481 e. The van der Waals surface area contributed by atoms with Crippen LogP contribution in [0.2, 0.25) is 0 Å². The van der Waals surface area contributed by atoms with Gasteiger partial charge in [0.25, 0.3) is 0 Å². The van der Waals surface area contributed by atoms with Gasteiger partial charge in [-0.3, -0.25) is 4.79 Å². The second-order valence-electron chi connectivity index (χ2n) is 4.27. The normalized spacial score (nSPS) is 21.3. The fraction of sp³-hybridized carbons (Fsp3) is 0.800. The molecule has 6 nitrogen and oxygen atoms in total. The zero-order valence-electron chi connectivity index (χ0n) is 9.98. The van der Waals surface area contributed by atoms with Crippen LogP contribution in [0, 0.1) is 0 Å². The smallest absolute Gasteiger partial charge is 0.416 e. The molecule has 0 aliphatic carbocycles. The Kier molecular flexibility index (Phi) is 4.98. The number of hydrogen-bond donors (Lipinski definition) is 3. The first kappa shape index (κ1) is 15.5. The summed E-state index contributed by atoms with van der Waals surface area (Å²) < 4.78 is 37.2. The first-order valence-corrected chi connectivity index (χ1v) is 5.74. The first-order valence-electron chi connectivity index (χ1n) is 5.74. The number of nitrogens with one attached hydrogen (secondary N) is 1. The van der Waals surface area contributed by atoms with Crippen molar-refractivity contribution in [3.05, 3.63) is 0 Å². The maximum atomic E-state index is 12.4. The zero-order chi connectivity index (χ0) is 14.6. The number of aliphatic hydroxyl groups excluding tert-OH is 1. The average Bonchev–Trinajstić information content (AvgIpc) is 2.74. The van der Waals surface area contributed by atoms with Gasteiger partial charge in [0, 0.05) is 13.1 Å². The SMILES string of the molecule is O=C(O)CCNC(=O)N1CCCC1C(O)C(F)(F)F. The van der Waals surface area contributed by atoms with Crippen LogP contribution < -0.4 is 5.32 Å². The van der Waals surface area contributed by atoms with Crippen LogP contribution in [0.1, 0.15) is 19.3 Å². The molecule has 0 aromatic carbocycles. The predicted molar refractivity (Wildman–Crippen MR) is 57.4 cm³/mol. The number of rotatable bonds is 4.